The molecule has 0 aliphatic rings. The number of rotatable bonds is 7. The number of nitrogens with zero attached hydrogens (tertiary/aromatic N) is 3. The standard InChI is InChI=1S/C16H22ClN3O2/c1-4-20(11-16(2,3)21)10-9-14-18-15(19-22-14)12-5-7-13(17)8-6-12/h5-8,21H,4,9-11H2,1-3H3. The largest absolute Gasteiger partial charge is 0.389 e. The predicted molar refractivity (Wildman–Crippen MR) is 86.9 cm³/mol. The molecule has 22 heavy (non-hydrogen) atoms. The highest BCUT2D eigenvalue weighted by Gasteiger charge is 2.18. The quantitative estimate of drug-likeness (QED) is 0.848. The Kier molecular flexibility index (Phi) is 5.56. The fraction of sp³-hybridized carbons (Fsp3) is 0.500. The molecule has 0 bridgehead atoms. The van der Waals surface area contributed by atoms with Crippen LogP contribution in [0.25, 0.3) is 11.4 Å². The maximum Gasteiger partial charge on any atom is 0.228 e. The Balaban J connectivity index is 1.95. The molecule has 0 aliphatic heterocycles. The lowest BCUT2D eigenvalue weighted by Gasteiger charge is -2.27. The summed E-state index contributed by atoms with van der Waals surface area (Å²) < 4.78 is 5.29. The smallest absolute Gasteiger partial charge is 0.228 e. The molecule has 2 rings (SSSR count). The van der Waals surface area contributed by atoms with E-state index < -0.39 is 5.60 Å². The first kappa shape index (κ1) is 16.9. The van der Waals surface area contributed by atoms with Crippen molar-refractivity contribution in [3.05, 3.63) is 35.2 Å². The molecule has 1 N–H and O–H groups in total. The van der Waals surface area contributed by atoms with Crippen LogP contribution in [0.4, 0.5) is 0 Å². The Bertz CT molecular complexity index is 590. The molecule has 0 fully saturated rings. The molecule has 1 aromatic carbocycles. The predicted octanol–water partition coefficient (Wildman–Crippen LogP) is 3.03. The first-order chi connectivity index (χ1) is 10.4. The van der Waals surface area contributed by atoms with Crippen molar-refractivity contribution in [3.8, 4) is 11.4 Å². The van der Waals surface area contributed by atoms with Crippen molar-refractivity contribution in [1.82, 2.24) is 15.0 Å². The molecule has 6 heteroatoms. The van der Waals surface area contributed by atoms with Gasteiger partial charge in [-0.05, 0) is 44.7 Å². The fourth-order valence-electron chi connectivity index (χ4n) is 2.22. The minimum atomic E-state index is -0.709. The zero-order valence-electron chi connectivity index (χ0n) is 13.2. The molecule has 1 aromatic heterocycles. The third-order valence-electron chi connectivity index (χ3n) is 3.27. The molecule has 0 unspecified atom stereocenters. The molecule has 0 saturated heterocycles. The van der Waals surface area contributed by atoms with Crippen LogP contribution in [0.3, 0.4) is 0 Å². The van der Waals surface area contributed by atoms with E-state index in [0.717, 1.165) is 18.7 Å². The van der Waals surface area contributed by atoms with Gasteiger partial charge in [0.1, 0.15) is 0 Å². The van der Waals surface area contributed by atoms with Gasteiger partial charge >= 0.3 is 0 Å². The summed E-state index contributed by atoms with van der Waals surface area (Å²) in [5, 5.41) is 14.6. The first-order valence-corrected chi connectivity index (χ1v) is 7.78. The minimum Gasteiger partial charge on any atom is -0.389 e. The number of aliphatic hydroxyl groups is 1. The second-order valence-corrected chi connectivity index (χ2v) is 6.39. The van der Waals surface area contributed by atoms with Crippen LogP contribution in [-0.2, 0) is 6.42 Å². The number of hydrogen-bond donors (Lipinski definition) is 1. The Labute approximate surface area is 135 Å². The van der Waals surface area contributed by atoms with Gasteiger partial charge in [0.25, 0.3) is 0 Å². The number of aromatic nitrogens is 2. The highest BCUT2D eigenvalue weighted by Crippen LogP contribution is 2.18. The summed E-state index contributed by atoms with van der Waals surface area (Å²) >= 11 is 5.87. The van der Waals surface area contributed by atoms with Gasteiger partial charge in [-0.2, -0.15) is 4.98 Å². The molecule has 0 spiro atoms. The van der Waals surface area contributed by atoms with Crippen molar-refractivity contribution in [2.75, 3.05) is 19.6 Å². The summed E-state index contributed by atoms with van der Waals surface area (Å²) in [5.74, 6) is 1.16. The zero-order valence-corrected chi connectivity index (χ0v) is 14.0. The molecule has 5 nitrogen and oxygen atoms in total. The molecule has 1 heterocycles. The van der Waals surface area contributed by atoms with Gasteiger partial charge in [0, 0.05) is 30.1 Å². The van der Waals surface area contributed by atoms with Crippen molar-refractivity contribution in [2.45, 2.75) is 32.8 Å². The van der Waals surface area contributed by atoms with E-state index in [0.29, 0.717) is 29.7 Å². The van der Waals surface area contributed by atoms with Crippen molar-refractivity contribution < 1.29 is 9.63 Å². The number of hydrogen-bond acceptors (Lipinski definition) is 5. The molecule has 120 valence electrons. The molecular weight excluding hydrogens is 302 g/mol. The Hall–Kier alpha value is -1.43. The van der Waals surface area contributed by atoms with E-state index in [4.69, 9.17) is 16.1 Å². The molecule has 2 aromatic rings. The van der Waals surface area contributed by atoms with E-state index in [-0.39, 0.29) is 0 Å². The highest BCUT2D eigenvalue weighted by molar-refractivity contribution is 6.30. The number of likely N-dealkylation sites (N-methyl/N-ethyl adjacent to an activating group) is 1. The maximum absolute atomic E-state index is 9.89. The van der Waals surface area contributed by atoms with E-state index >= 15 is 0 Å². The van der Waals surface area contributed by atoms with E-state index in [9.17, 15) is 5.11 Å². The van der Waals surface area contributed by atoms with Crippen LogP contribution >= 0.6 is 11.6 Å². The third-order valence-corrected chi connectivity index (χ3v) is 3.52. The van der Waals surface area contributed by atoms with Gasteiger partial charge in [0.2, 0.25) is 11.7 Å². The van der Waals surface area contributed by atoms with Gasteiger partial charge in [-0.3, -0.25) is 0 Å². The summed E-state index contributed by atoms with van der Waals surface area (Å²) in [4.78, 5) is 6.56. The summed E-state index contributed by atoms with van der Waals surface area (Å²) in [5.41, 5.74) is 0.169. The lowest BCUT2D eigenvalue weighted by molar-refractivity contribution is 0.0376. The fourth-order valence-corrected chi connectivity index (χ4v) is 2.35. The third kappa shape index (κ3) is 5.09. The monoisotopic (exact) mass is 323 g/mol. The lowest BCUT2D eigenvalue weighted by Crippen LogP contribution is -2.39. The molecule has 0 amide bonds. The van der Waals surface area contributed by atoms with E-state index in [1.54, 1.807) is 26.0 Å². The average Bonchev–Trinajstić information content (AvgIpc) is 2.92. The first-order valence-electron chi connectivity index (χ1n) is 7.40. The van der Waals surface area contributed by atoms with Crippen molar-refractivity contribution in [1.29, 1.82) is 0 Å². The van der Waals surface area contributed by atoms with Gasteiger partial charge in [-0.25, -0.2) is 0 Å². The maximum atomic E-state index is 9.89. The second-order valence-electron chi connectivity index (χ2n) is 5.95. The van der Waals surface area contributed by atoms with Crippen LogP contribution in [0.5, 0.6) is 0 Å². The highest BCUT2D eigenvalue weighted by atomic mass is 35.5. The van der Waals surface area contributed by atoms with Gasteiger partial charge < -0.3 is 14.5 Å². The topological polar surface area (TPSA) is 62.4 Å². The van der Waals surface area contributed by atoms with Crippen molar-refractivity contribution in [2.24, 2.45) is 0 Å². The van der Waals surface area contributed by atoms with Crippen LogP contribution in [0, 0.1) is 0 Å². The average molecular weight is 324 g/mol. The molecular formula is C16H22ClN3O2. The molecule has 0 atom stereocenters. The van der Waals surface area contributed by atoms with Crippen LogP contribution in [0.15, 0.2) is 28.8 Å². The van der Waals surface area contributed by atoms with E-state index in [1.165, 1.54) is 0 Å². The van der Waals surface area contributed by atoms with Crippen LogP contribution in [-0.4, -0.2) is 45.4 Å². The number of benzene rings is 1. The summed E-state index contributed by atoms with van der Waals surface area (Å²) in [6, 6.07) is 7.33. The lowest BCUT2D eigenvalue weighted by atomic mass is 10.1. The summed E-state index contributed by atoms with van der Waals surface area (Å²) in [6.07, 6.45) is 0.657. The van der Waals surface area contributed by atoms with Crippen molar-refractivity contribution in [3.63, 3.8) is 0 Å². The summed E-state index contributed by atoms with van der Waals surface area (Å²) in [7, 11) is 0. The molecule has 0 aliphatic carbocycles. The second kappa shape index (κ2) is 7.22. The minimum absolute atomic E-state index is 0.567. The van der Waals surface area contributed by atoms with Gasteiger partial charge in [0.05, 0.1) is 5.60 Å². The zero-order chi connectivity index (χ0) is 16.2. The Morgan fingerprint density at radius 2 is 1.95 bits per heavy atom. The Morgan fingerprint density at radius 1 is 1.27 bits per heavy atom. The van der Waals surface area contributed by atoms with Crippen LogP contribution in [0.1, 0.15) is 26.7 Å². The number of halogens is 1. The van der Waals surface area contributed by atoms with E-state index in [1.807, 2.05) is 12.1 Å². The normalized spacial score (nSPS) is 12.1. The van der Waals surface area contributed by atoms with Gasteiger partial charge in [-0.1, -0.05) is 23.7 Å². The molecule has 0 radical (unpaired) electrons. The van der Waals surface area contributed by atoms with Crippen LogP contribution < -0.4 is 0 Å². The Morgan fingerprint density at radius 3 is 2.55 bits per heavy atom. The van der Waals surface area contributed by atoms with Gasteiger partial charge in [-0.15, -0.1) is 0 Å². The SMILES string of the molecule is CCN(CCc1nc(-c2ccc(Cl)cc2)no1)CC(C)(C)O. The molecule has 0 saturated carbocycles. The van der Waals surface area contributed by atoms with E-state index in [2.05, 4.69) is 22.0 Å². The van der Waals surface area contributed by atoms with Crippen molar-refractivity contribution >= 4 is 11.6 Å². The van der Waals surface area contributed by atoms with Crippen LogP contribution in [0.2, 0.25) is 5.02 Å². The van der Waals surface area contributed by atoms with Gasteiger partial charge in [0.15, 0.2) is 0 Å². The summed E-state index contributed by atoms with van der Waals surface area (Å²) in [6.45, 7) is 7.92.